The number of rotatable bonds is 8. The van der Waals surface area contributed by atoms with Crippen molar-refractivity contribution in [1.82, 2.24) is 10.0 Å². The molecule has 0 fully saturated rings. The molecule has 2 aromatic rings. The van der Waals surface area contributed by atoms with E-state index in [2.05, 4.69) is 10.0 Å². The molecule has 0 aliphatic heterocycles. The van der Waals surface area contributed by atoms with Crippen LogP contribution in [0.15, 0.2) is 59.5 Å². The summed E-state index contributed by atoms with van der Waals surface area (Å²) in [4.78, 5) is 12.2. The predicted molar refractivity (Wildman–Crippen MR) is 95.9 cm³/mol. The molecule has 0 aliphatic rings. The number of sulfonamides is 1. The molecule has 2 rings (SSSR count). The molecule has 0 bridgehead atoms. The zero-order valence-corrected chi connectivity index (χ0v) is 15.0. The van der Waals surface area contributed by atoms with Gasteiger partial charge < -0.3 is 10.1 Å². The van der Waals surface area contributed by atoms with Crippen LogP contribution in [0.1, 0.15) is 12.5 Å². The Bertz CT molecular complexity index is 790. The van der Waals surface area contributed by atoms with Crippen molar-refractivity contribution in [2.75, 3.05) is 13.7 Å². The van der Waals surface area contributed by atoms with Crippen LogP contribution in [0.4, 0.5) is 0 Å². The molecule has 0 heterocycles. The number of hydrogen-bond donors (Lipinski definition) is 2. The van der Waals surface area contributed by atoms with E-state index in [1.165, 1.54) is 26.2 Å². The van der Waals surface area contributed by atoms with Crippen molar-refractivity contribution >= 4 is 15.9 Å². The molecule has 0 aliphatic carbocycles. The Kier molecular flexibility index (Phi) is 6.55. The lowest BCUT2D eigenvalue weighted by atomic mass is 10.1. The van der Waals surface area contributed by atoms with E-state index >= 15 is 0 Å². The molecule has 2 aromatic carbocycles. The molecule has 0 radical (unpaired) electrons. The molecular formula is C18H22N2O4S. The standard InChI is InChI=1S/C18H22N2O4S/c1-14(18(21)19-13-12-15-6-4-3-5-7-15)20-25(22,23)17-10-8-16(24-2)9-11-17/h3-11,14,20H,12-13H2,1-2H3,(H,19,21)/t14-/m0/s1. The number of carbonyl (C=O) groups excluding carboxylic acids is 1. The summed E-state index contributed by atoms with van der Waals surface area (Å²) in [5.74, 6) is 0.193. The van der Waals surface area contributed by atoms with Gasteiger partial charge in [0.2, 0.25) is 15.9 Å². The number of methoxy groups -OCH3 is 1. The zero-order chi connectivity index (χ0) is 18.3. The number of nitrogens with one attached hydrogen (secondary N) is 2. The van der Waals surface area contributed by atoms with Gasteiger partial charge in [-0.25, -0.2) is 8.42 Å². The molecule has 0 aromatic heterocycles. The maximum Gasteiger partial charge on any atom is 0.241 e. The van der Waals surface area contributed by atoms with E-state index in [9.17, 15) is 13.2 Å². The summed E-state index contributed by atoms with van der Waals surface area (Å²) in [5.41, 5.74) is 1.11. The molecule has 2 N–H and O–H groups in total. The van der Waals surface area contributed by atoms with Crippen LogP contribution in [-0.2, 0) is 21.2 Å². The highest BCUT2D eigenvalue weighted by Gasteiger charge is 2.21. The van der Waals surface area contributed by atoms with Gasteiger partial charge >= 0.3 is 0 Å². The number of benzene rings is 2. The molecular weight excluding hydrogens is 340 g/mol. The first-order valence-corrected chi connectivity index (χ1v) is 9.39. The fourth-order valence-corrected chi connectivity index (χ4v) is 3.44. The lowest BCUT2D eigenvalue weighted by molar-refractivity contribution is -0.122. The summed E-state index contributed by atoms with van der Waals surface area (Å²) < 4.78 is 32.0. The van der Waals surface area contributed by atoms with Crippen LogP contribution in [0.2, 0.25) is 0 Å². The van der Waals surface area contributed by atoms with Crippen LogP contribution in [0, 0.1) is 0 Å². The molecule has 1 atom stereocenters. The fourth-order valence-electron chi connectivity index (χ4n) is 2.24. The monoisotopic (exact) mass is 362 g/mol. The zero-order valence-electron chi connectivity index (χ0n) is 14.2. The summed E-state index contributed by atoms with van der Waals surface area (Å²) in [6, 6.07) is 14.8. The van der Waals surface area contributed by atoms with Crippen LogP contribution in [-0.4, -0.2) is 34.0 Å². The average Bonchev–Trinajstić information content (AvgIpc) is 2.62. The van der Waals surface area contributed by atoms with Crippen molar-refractivity contribution < 1.29 is 17.9 Å². The third kappa shape index (κ3) is 5.58. The van der Waals surface area contributed by atoms with Crippen LogP contribution >= 0.6 is 0 Å². The smallest absolute Gasteiger partial charge is 0.241 e. The van der Waals surface area contributed by atoms with Gasteiger partial charge in [0, 0.05) is 6.54 Å². The Morgan fingerprint density at radius 3 is 2.32 bits per heavy atom. The van der Waals surface area contributed by atoms with E-state index in [-0.39, 0.29) is 10.8 Å². The minimum Gasteiger partial charge on any atom is -0.497 e. The first-order chi connectivity index (χ1) is 11.9. The Morgan fingerprint density at radius 2 is 1.72 bits per heavy atom. The third-order valence-corrected chi connectivity index (χ3v) is 5.21. The largest absolute Gasteiger partial charge is 0.497 e. The van der Waals surface area contributed by atoms with Gasteiger partial charge in [0.15, 0.2) is 0 Å². The molecule has 1 amide bonds. The lowest BCUT2D eigenvalue weighted by Crippen LogP contribution is -2.45. The van der Waals surface area contributed by atoms with Gasteiger partial charge in [0.1, 0.15) is 5.75 Å². The van der Waals surface area contributed by atoms with Crippen LogP contribution in [0.5, 0.6) is 5.75 Å². The Hall–Kier alpha value is -2.38. The normalized spacial score (nSPS) is 12.4. The maximum atomic E-state index is 12.3. The Balaban J connectivity index is 1.88. The summed E-state index contributed by atoms with van der Waals surface area (Å²) in [5, 5.41) is 2.74. The van der Waals surface area contributed by atoms with Crippen molar-refractivity contribution in [2.24, 2.45) is 0 Å². The minimum absolute atomic E-state index is 0.0808. The van der Waals surface area contributed by atoms with Crippen molar-refractivity contribution in [1.29, 1.82) is 0 Å². The molecule has 0 saturated carbocycles. The summed E-state index contributed by atoms with van der Waals surface area (Å²) >= 11 is 0. The van der Waals surface area contributed by atoms with Crippen LogP contribution in [0.3, 0.4) is 0 Å². The van der Waals surface area contributed by atoms with E-state index in [0.29, 0.717) is 18.7 Å². The van der Waals surface area contributed by atoms with Gasteiger partial charge in [0.05, 0.1) is 18.0 Å². The molecule has 0 spiro atoms. The van der Waals surface area contributed by atoms with E-state index in [4.69, 9.17) is 4.74 Å². The summed E-state index contributed by atoms with van der Waals surface area (Å²) in [6.07, 6.45) is 0.685. The SMILES string of the molecule is COc1ccc(S(=O)(=O)N[C@@H](C)C(=O)NCCc2ccccc2)cc1. The second-order valence-electron chi connectivity index (χ2n) is 5.55. The topological polar surface area (TPSA) is 84.5 Å². The average molecular weight is 362 g/mol. The van der Waals surface area contributed by atoms with E-state index in [0.717, 1.165) is 5.56 Å². The molecule has 6 nitrogen and oxygen atoms in total. The minimum atomic E-state index is -3.77. The second kappa shape index (κ2) is 8.64. The molecule has 0 unspecified atom stereocenters. The lowest BCUT2D eigenvalue weighted by Gasteiger charge is -2.14. The first kappa shape index (κ1) is 19.0. The highest BCUT2D eigenvalue weighted by molar-refractivity contribution is 7.89. The predicted octanol–water partition coefficient (Wildman–Crippen LogP) is 1.72. The van der Waals surface area contributed by atoms with Gasteiger partial charge in [-0.3, -0.25) is 4.79 Å². The maximum absolute atomic E-state index is 12.3. The highest BCUT2D eigenvalue weighted by Crippen LogP contribution is 2.15. The number of ether oxygens (including phenoxy) is 1. The molecule has 25 heavy (non-hydrogen) atoms. The number of hydrogen-bond acceptors (Lipinski definition) is 4. The quantitative estimate of drug-likeness (QED) is 0.749. The van der Waals surface area contributed by atoms with Gasteiger partial charge in [-0.2, -0.15) is 4.72 Å². The van der Waals surface area contributed by atoms with Crippen LogP contribution in [0.25, 0.3) is 0 Å². The summed E-state index contributed by atoms with van der Waals surface area (Å²) in [6.45, 7) is 1.95. The summed E-state index contributed by atoms with van der Waals surface area (Å²) in [7, 11) is -2.27. The van der Waals surface area contributed by atoms with E-state index < -0.39 is 16.1 Å². The molecule has 134 valence electrons. The first-order valence-electron chi connectivity index (χ1n) is 7.90. The van der Waals surface area contributed by atoms with Gasteiger partial charge in [-0.05, 0) is 43.2 Å². The second-order valence-corrected chi connectivity index (χ2v) is 7.26. The number of carbonyl (C=O) groups is 1. The van der Waals surface area contributed by atoms with Gasteiger partial charge in [0.25, 0.3) is 0 Å². The van der Waals surface area contributed by atoms with Gasteiger partial charge in [-0.15, -0.1) is 0 Å². The molecule has 7 heteroatoms. The van der Waals surface area contributed by atoms with E-state index in [1.807, 2.05) is 30.3 Å². The Labute approximate surface area is 148 Å². The van der Waals surface area contributed by atoms with Crippen molar-refractivity contribution in [2.45, 2.75) is 24.3 Å². The third-order valence-electron chi connectivity index (χ3n) is 3.65. The van der Waals surface area contributed by atoms with Gasteiger partial charge in [-0.1, -0.05) is 30.3 Å². The number of amides is 1. The van der Waals surface area contributed by atoms with Crippen LogP contribution < -0.4 is 14.8 Å². The fraction of sp³-hybridized carbons (Fsp3) is 0.278. The Morgan fingerprint density at radius 1 is 1.08 bits per heavy atom. The van der Waals surface area contributed by atoms with Crippen molar-refractivity contribution in [3.8, 4) is 5.75 Å². The highest BCUT2D eigenvalue weighted by atomic mass is 32.2. The van der Waals surface area contributed by atoms with Crippen molar-refractivity contribution in [3.05, 3.63) is 60.2 Å². The molecule has 0 saturated heterocycles. The van der Waals surface area contributed by atoms with E-state index in [1.54, 1.807) is 12.1 Å². The van der Waals surface area contributed by atoms with Crippen molar-refractivity contribution in [3.63, 3.8) is 0 Å².